The van der Waals surface area contributed by atoms with Crippen molar-refractivity contribution in [1.29, 1.82) is 5.26 Å². The SMILES string of the molecule is N#CC1CCCN1C(=O)CN1CC[C@H](Nc2cnc3ccccc3c2)C1. The molecule has 1 unspecified atom stereocenters. The predicted molar refractivity (Wildman–Crippen MR) is 101 cm³/mol. The number of nitriles is 1. The molecule has 0 spiro atoms. The van der Waals surface area contributed by atoms with Gasteiger partial charge in [-0.25, -0.2) is 0 Å². The maximum atomic E-state index is 12.5. The van der Waals surface area contributed by atoms with E-state index in [0.717, 1.165) is 55.5 Å². The van der Waals surface area contributed by atoms with Gasteiger partial charge in [0.1, 0.15) is 6.04 Å². The topological polar surface area (TPSA) is 72.3 Å². The third kappa shape index (κ3) is 3.49. The second kappa shape index (κ2) is 7.30. The van der Waals surface area contributed by atoms with Crippen molar-refractivity contribution >= 4 is 22.5 Å². The summed E-state index contributed by atoms with van der Waals surface area (Å²) in [7, 11) is 0. The Morgan fingerprint density at radius 3 is 3.08 bits per heavy atom. The van der Waals surface area contributed by atoms with Gasteiger partial charge in [-0.05, 0) is 31.4 Å². The molecule has 134 valence electrons. The van der Waals surface area contributed by atoms with Gasteiger partial charge in [0.05, 0.1) is 30.0 Å². The van der Waals surface area contributed by atoms with Crippen LogP contribution in [-0.2, 0) is 4.79 Å². The van der Waals surface area contributed by atoms with E-state index in [1.54, 1.807) is 4.90 Å². The molecule has 3 heterocycles. The van der Waals surface area contributed by atoms with E-state index in [1.807, 2.05) is 24.4 Å². The normalized spacial score (nSPS) is 23.3. The zero-order valence-electron chi connectivity index (χ0n) is 14.8. The van der Waals surface area contributed by atoms with E-state index >= 15 is 0 Å². The quantitative estimate of drug-likeness (QED) is 0.916. The lowest BCUT2D eigenvalue weighted by molar-refractivity contribution is -0.132. The molecule has 2 atom stereocenters. The zero-order valence-corrected chi connectivity index (χ0v) is 14.8. The van der Waals surface area contributed by atoms with Gasteiger partial charge in [0.25, 0.3) is 0 Å². The minimum Gasteiger partial charge on any atom is -0.380 e. The number of benzene rings is 1. The molecule has 0 radical (unpaired) electrons. The average molecular weight is 349 g/mol. The van der Waals surface area contributed by atoms with E-state index in [1.165, 1.54) is 0 Å². The standard InChI is InChI=1S/C20H23N5O/c21-11-18-5-3-8-25(18)20(26)14-24-9-7-16(13-24)23-17-10-15-4-1-2-6-19(15)22-12-17/h1-2,4,6,10,12,16,18,23H,3,5,7-9,13-14H2/t16-,18?/m0/s1. The summed E-state index contributed by atoms with van der Waals surface area (Å²) in [5, 5.41) is 13.8. The fourth-order valence-electron chi connectivity index (χ4n) is 3.96. The molecule has 2 saturated heterocycles. The van der Waals surface area contributed by atoms with Crippen molar-refractivity contribution in [2.24, 2.45) is 0 Å². The number of hydrogen-bond acceptors (Lipinski definition) is 5. The van der Waals surface area contributed by atoms with Gasteiger partial charge in [-0.2, -0.15) is 5.26 Å². The van der Waals surface area contributed by atoms with Crippen molar-refractivity contribution in [3.05, 3.63) is 36.5 Å². The first-order chi connectivity index (χ1) is 12.7. The van der Waals surface area contributed by atoms with Crippen molar-refractivity contribution < 1.29 is 4.79 Å². The minimum absolute atomic E-state index is 0.0853. The molecule has 2 aliphatic rings. The van der Waals surface area contributed by atoms with Crippen LogP contribution in [0, 0.1) is 11.3 Å². The number of nitrogens with one attached hydrogen (secondary N) is 1. The van der Waals surface area contributed by atoms with Gasteiger partial charge in [-0.1, -0.05) is 18.2 Å². The van der Waals surface area contributed by atoms with Gasteiger partial charge in [0, 0.05) is 31.1 Å². The number of carbonyl (C=O) groups excluding carboxylic acids is 1. The molecule has 1 N–H and O–H groups in total. The van der Waals surface area contributed by atoms with Crippen LogP contribution in [0.15, 0.2) is 36.5 Å². The number of likely N-dealkylation sites (tertiary alicyclic amines) is 2. The lowest BCUT2D eigenvalue weighted by atomic mass is 10.2. The molecule has 2 aromatic rings. The summed E-state index contributed by atoms with van der Waals surface area (Å²) in [4.78, 5) is 20.9. The van der Waals surface area contributed by atoms with Crippen LogP contribution in [0.5, 0.6) is 0 Å². The van der Waals surface area contributed by atoms with E-state index in [4.69, 9.17) is 5.26 Å². The Morgan fingerprint density at radius 2 is 2.19 bits per heavy atom. The number of carbonyl (C=O) groups is 1. The Balaban J connectivity index is 1.33. The maximum Gasteiger partial charge on any atom is 0.237 e. The molecule has 2 fully saturated rings. The number of aromatic nitrogens is 1. The number of anilines is 1. The summed E-state index contributed by atoms with van der Waals surface area (Å²) >= 11 is 0. The number of rotatable bonds is 4. The van der Waals surface area contributed by atoms with E-state index in [0.29, 0.717) is 12.6 Å². The number of para-hydroxylation sites is 1. The fourth-order valence-corrected chi connectivity index (χ4v) is 3.96. The average Bonchev–Trinajstić information content (AvgIpc) is 3.30. The Morgan fingerprint density at radius 1 is 1.31 bits per heavy atom. The molecule has 4 rings (SSSR count). The van der Waals surface area contributed by atoms with Gasteiger partial charge in [-0.15, -0.1) is 0 Å². The van der Waals surface area contributed by atoms with Crippen LogP contribution >= 0.6 is 0 Å². The molecule has 0 saturated carbocycles. The molecule has 0 bridgehead atoms. The lowest BCUT2D eigenvalue weighted by Crippen LogP contribution is -2.42. The number of hydrogen-bond donors (Lipinski definition) is 1. The highest BCUT2D eigenvalue weighted by Gasteiger charge is 2.31. The Labute approximate surface area is 153 Å². The van der Waals surface area contributed by atoms with Gasteiger partial charge >= 0.3 is 0 Å². The molecule has 6 nitrogen and oxygen atoms in total. The molecule has 0 aliphatic carbocycles. The molecule has 2 aliphatic heterocycles. The summed E-state index contributed by atoms with van der Waals surface area (Å²) in [6.07, 6.45) is 4.62. The Hall–Kier alpha value is -2.65. The van der Waals surface area contributed by atoms with Crippen LogP contribution in [0.4, 0.5) is 5.69 Å². The van der Waals surface area contributed by atoms with E-state index in [2.05, 4.69) is 33.4 Å². The summed E-state index contributed by atoms with van der Waals surface area (Å²) in [5.41, 5.74) is 2.01. The van der Waals surface area contributed by atoms with Crippen LogP contribution in [0.3, 0.4) is 0 Å². The third-order valence-electron chi connectivity index (χ3n) is 5.31. The van der Waals surface area contributed by atoms with E-state index < -0.39 is 0 Å². The first kappa shape index (κ1) is 16.8. The van der Waals surface area contributed by atoms with Crippen molar-refractivity contribution in [3.63, 3.8) is 0 Å². The second-order valence-electron chi connectivity index (χ2n) is 7.16. The fraction of sp³-hybridized carbons (Fsp3) is 0.450. The first-order valence-electron chi connectivity index (χ1n) is 9.26. The first-order valence-corrected chi connectivity index (χ1v) is 9.26. The third-order valence-corrected chi connectivity index (χ3v) is 5.31. The molecule has 26 heavy (non-hydrogen) atoms. The molecule has 6 heteroatoms. The van der Waals surface area contributed by atoms with E-state index in [-0.39, 0.29) is 11.9 Å². The van der Waals surface area contributed by atoms with Crippen LogP contribution in [0.2, 0.25) is 0 Å². The van der Waals surface area contributed by atoms with Crippen molar-refractivity contribution in [2.45, 2.75) is 31.3 Å². The zero-order chi connectivity index (χ0) is 17.9. The van der Waals surface area contributed by atoms with Crippen LogP contribution in [-0.4, -0.2) is 59.0 Å². The molecule has 1 aromatic heterocycles. The van der Waals surface area contributed by atoms with Gasteiger partial charge in [0.15, 0.2) is 0 Å². The summed E-state index contributed by atoms with van der Waals surface area (Å²) in [5.74, 6) is 0.0853. The highest BCUT2D eigenvalue weighted by atomic mass is 16.2. The van der Waals surface area contributed by atoms with Gasteiger partial charge < -0.3 is 10.2 Å². The largest absolute Gasteiger partial charge is 0.380 e. The minimum atomic E-state index is -0.234. The maximum absolute atomic E-state index is 12.5. The summed E-state index contributed by atoms with van der Waals surface area (Å²) in [6.45, 7) is 2.86. The number of amides is 1. The predicted octanol–water partition coefficient (Wildman–Crippen LogP) is 2.24. The highest BCUT2D eigenvalue weighted by Crippen LogP contribution is 2.21. The van der Waals surface area contributed by atoms with Gasteiger partial charge in [0.2, 0.25) is 5.91 Å². The lowest BCUT2D eigenvalue weighted by Gasteiger charge is -2.23. The smallest absolute Gasteiger partial charge is 0.237 e. The second-order valence-corrected chi connectivity index (χ2v) is 7.16. The summed E-state index contributed by atoms with van der Waals surface area (Å²) < 4.78 is 0. The van der Waals surface area contributed by atoms with Crippen molar-refractivity contribution in [1.82, 2.24) is 14.8 Å². The van der Waals surface area contributed by atoms with Crippen LogP contribution in [0.1, 0.15) is 19.3 Å². The van der Waals surface area contributed by atoms with E-state index in [9.17, 15) is 4.79 Å². The molecular weight excluding hydrogens is 326 g/mol. The monoisotopic (exact) mass is 349 g/mol. The number of pyridine rings is 1. The Bertz CT molecular complexity index is 845. The summed E-state index contributed by atoms with van der Waals surface area (Å²) in [6, 6.07) is 12.5. The number of nitrogens with zero attached hydrogens (tertiary/aromatic N) is 4. The van der Waals surface area contributed by atoms with Crippen LogP contribution in [0.25, 0.3) is 10.9 Å². The molecule has 1 amide bonds. The highest BCUT2D eigenvalue weighted by molar-refractivity contribution is 5.81. The molecular formula is C20H23N5O. The molecule has 1 aromatic carbocycles. The Kier molecular flexibility index (Phi) is 4.72. The van der Waals surface area contributed by atoms with Gasteiger partial charge in [-0.3, -0.25) is 14.7 Å². The van der Waals surface area contributed by atoms with Crippen LogP contribution < -0.4 is 5.32 Å². The van der Waals surface area contributed by atoms with Crippen molar-refractivity contribution in [2.75, 3.05) is 31.5 Å². The number of fused-ring (bicyclic) bond motifs is 1. The van der Waals surface area contributed by atoms with Crippen molar-refractivity contribution in [3.8, 4) is 6.07 Å².